The third kappa shape index (κ3) is 31.1. The molecule has 8 fully saturated rings. The zero-order valence-corrected chi connectivity index (χ0v) is 96.0. The van der Waals surface area contributed by atoms with Crippen molar-refractivity contribution in [1.29, 1.82) is 0 Å². The molecule has 6 aromatic rings. The van der Waals surface area contributed by atoms with Gasteiger partial charge in [0.25, 0.3) is 0 Å². The zero-order valence-electron chi connectivity index (χ0n) is 80.2. The van der Waals surface area contributed by atoms with Crippen molar-refractivity contribution in [3.8, 4) is 0 Å². The quantitative estimate of drug-likeness (QED) is 0.0318. The van der Waals surface area contributed by atoms with Gasteiger partial charge >= 0.3 is 0 Å². The number of benzene rings is 6. The lowest BCUT2D eigenvalue weighted by Gasteiger charge is -2.50. The van der Waals surface area contributed by atoms with Crippen LogP contribution in [0.15, 0.2) is 182 Å². The van der Waals surface area contributed by atoms with Crippen LogP contribution in [-0.2, 0) is 281 Å². The van der Waals surface area contributed by atoms with Gasteiger partial charge in [-0.15, -0.1) is 0 Å². The molecule has 42 heteroatoms. The van der Waals surface area contributed by atoms with E-state index in [2.05, 4.69) is 135 Å². The fourth-order valence-corrected chi connectivity index (χ4v) is 55.2. The van der Waals surface area contributed by atoms with Crippen LogP contribution < -0.4 is 0 Å². The average molecular weight is 2250 g/mol. The van der Waals surface area contributed by atoms with Gasteiger partial charge in [0.2, 0.25) is 16.6 Å². The Morgan fingerprint density at radius 1 is 0.336 bits per heavy atom. The largest absolute Gasteiger partial charge is 0.391 e. The van der Waals surface area contributed by atoms with Gasteiger partial charge in [-0.05, 0) is 69.3 Å². The molecule has 8 unspecified atom stereocenters. The van der Waals surface area contributed by atoms with Crippen molar-refractivity contribution in [2.75, 3.05) is 39.6 Å². The second-order valence-corrected chi connectivity index (χ2v) is 70.9. The molecule has 0 aromatic heterocycles. The van der Waals surface area contributed by atoms with E-state index in [1.165, 1.54) is 35.5 Å². The van der Waals surface area contributed by atoms with Crippen molar-refractivity contribution < 1.29 is 109 Å². The molecule has 0 aliphatic carbocycles. The third-order valence-electron chi connectivity index (χ3n) is 26.1. The summed E-state index contributed by atoms with van der Waals surface area (Å²) in [4.78, 5) is 0. The van der Waals surface area contributed by atoms with E-state index in [1.807, 2.05) is 210 Å². The molecule has 23 nitrogen and oxygen atoms in total. The van der Waals surface area contributed by atoms with Crippen LogP contribution in [-0.4, -0.2) is 200 Å². The van der Waals surface area contributed by atoms with Gasteiger partial charge in [0, 0.05) is 189 Å². The highest BCUT2D eigenvalue weighted by Crippen LogP contribution is 2.52. The van der Waals surface area contributed by atoms with Gasteiger partial charge in [-0.3, -0.25) is 0 Å². The Morgan fingerprint density at radius 2 is 0.635 bits per heavy atom. The SMILES string of the molecule is CC1O[C@@H](O[Si](C(C)C)(C(C)C)C(C)C)[C@@H](C)C(O)[C@H]1O[C@@H]1OC[C@@H](C)[C@@H](O[C@@H]2OC[C@]3(COCc4ccccc4)O[C@@H](c4ccccc4)OC23)C1OCc1ccccc1.CC1O[C@@H](O[Si](C(C)C)(C(C)C)C(C)C)[C@@H](O)C(O)[C@H]1O[C@@H]1OC[C@@H](C)[C@@H](O[C@@H]2OC[C@]3(COCc4ccccc4)O[C@@H](c4ccccc4)OC23)C1OCc1ccccc1.S=S=S=S=S=S=S=S.S=S=S=S=S=S=S=S=S. The standard InChI is InChI=1S/C48H68O11Si.C47H66O12Si.S9.S8/c1-30(2)60(31(3)4,32(5)6)59-44-34(8)39(49)41(35(9)54-44)56-46-42(51-27-37-21-15-11-16-22-37)40(33(7)25-52-46)55-47-43-48(29-53-47,28-50-26-36-19-13-10-14-20-36)58-45(57-43)38-23-17-12-18-24-38;1-29(2)60(30(3)4,31(5)6)59-44-38(49)37(48)40(33(8)54-44)56-45-41(51-26-35-20-14-10-15-21-35)39(32(7)24-52-45)55-46-42-47(28-53-46,27-50-25-34-18-12-9-13-19-34)58-43(57-42)36-22-16-11-17-23-36;1-3-5-7-9-8-6-4-2;1-3-5-7-8-6-4-2/h10-24,30-35,39-47,49H,25-29H2,1-9H3;9-23,29-33,37-46,48-49H,24-28H2,1-8H3;;/t33-,34+,35?,39?,40-,41+,42?,43?,44+,45+,46+,47+,48+;32-,33?,37?,38+,39-,40+,41?,42?,43+,44+,45+,46+,47+;;/m11../s1. The molecule has 137 heavy (non-hydrogen) atoms. The molecular weight excluding hydrogens is 2110 g/mol. The molecule has 8 aliphatic rings. The first-order chi connectivity index (χ1) is 66.0. The summed E-state index contributed by atoms with van der Waals surface area (Å²) in [5, 5.41) is 35.3. The lowest BCUT2D eigenvalue weighted by Crippen LogP contribution is -2.64. The molecule has 8 saturated heterocycles. The Bertz CT molecular complexity index is 4910. The Labute approximate surface area is 868 Å². The smallest absolute Gasteiger partial charge is 0.203 e. The highest BCUT2D eigenvalue weighted by molar-refractivity contribution is 8.72. The van der Waals surface area contributed by atoms with Crippen LogP contribution in [0.4, 0.5) is 0 Å². The molecule has 0 spiro atoms. The summed E-state index contributed by atoms with van der Waals surface area (Å²) < 4.78 is 133. The minimum absolute atomic E-state index is 0.117. The number of fused-ring (bicyclic) bond motifs is 2. The summed E-state index contributed by atoms with van der Waals surface area (Å²) in [7, 11) is 15.2. The van der Waals surface area contributed by atoms with Crippen molar-refractivity contribution in [3.63, 3.8) is 0 Å². The van der Waals surface area contributed by atoms with Crippen LogP contribution in [0.5, 0.6) is 0 Å². The maximum Gasteiger partial charge on any atom is 0.203 e. The van der Waals surface area contributed by atoms with Gasteiger partial charge < -0.3 is 109 Å². The molecular formula is C95H134O23S17Si2. The van der Waals surface area contributed by atoms with E-state index in [1.54, 1.807) is 79.9 Å². The Kier molecular flexibility index (Phi) is 49.0. The van der Waals surface area contributed by atoms with Crippen LogP contribution in [0.2, 0.25) is 33.2 Å². The molecule has 8 aliphatic heterocycles. The summed E-state index contributed by atoms with van der Waals surface area (Å²) in [6.45, 7) is 39.2. The summed E-state index contributed by atoms with van der Waals surface area (Å²) in [6.07, 6.45) is -16.7. The van der Waals surface area contributed by atoms with Crippen molar-refractivity contribution in [1.82, 2.24) is 0 Å². The van der Waals surface area contributed by atoms with E-state index in [4.69, 9.17) is 94.1 Å². The molecule has 0 bridgehead atoms. The molecule has 14 rings (SSSR count). The molecule has 762 valence electrons. The van der Waals surface area contributed by atoms with Gasteiger partial charge in [-0.2, -0.15) is 0 Å². The minimum Gasteiger partial charge on any atom is -0.391 e. The highest BCUT2D eigenvalue weighted by Gasteiger charge is 2.64. The molecule has 0 radical (unpaired) electrons. The zero-order chi connectivity index (χ0) is 98.4. The maximum atomic E-state index is 12.0. The average Bonchev–Trinajstić information content (AvgIpc) is 1.68. The van der Waals surface area contributed by atoms with E-state index in [0.717, 1.165) is 33.4 Å². The second kappa shape index (κ2) is 57.9. The number of rotatable bonds is 34. The van der Waals surface area contributed by atoms with Crippen LogP contribution >= 0.6 is 0 Å². The predicted octanol–water partition coefficient (Wildman–Crippen LogP) is 16.1. The first-order valence-electron chi connectivity index (χ1n) is 46.3. The third-order valence-corrected chi connectivity index (χ3v) is 62.7. The van der Waals surface area contributed by atoms with Crippen LogP contribution in [0.3, 0.4) is 0 Å². The first-order valence-corrected chi connectivity index (χ1v) is 70.5. The van der Waals surface area contributed by atoms with Gasteiger partial charge in [0.15, 0.2) is 50.3 Å². The lowest BCUT2D eigenvalue weighted by molar-refractivity contribution is -0.348. The summed E-state index contributed by atoms with van der Waals surface area (Å²) in [5.41, 5.74) is 5.86. The monoisotopic (exact) mass is 2240 g/mol. The lowest BCUT2D eigenvalue weighted by atomic mass is 9.92. The fraction of sp³-hybridized carbons (Fsp3) is 0.621. The number of hydrogen-bond acceptors (Lipinski definition) is 27. The molecule has 8 heterocycles. The number of aliphatic hydroxyl groups is 3. The fourth-order valence-electron chi connectivity index (χ4n) is 19.6. The molecule has 3 N–H and O–H groups in total. The Hall–Kier alpha value is -1.43. The summed E-state index contributed by atoms with van der Waals surface area (Å²) in [6, 6.07) is 59.6. The molecule has 0 saturated carbocycles. The summed E-state index contributed by atoms with van der Waals surface area (Å²) >= 11 is 18.5. The molecule has 6 aromatic carbocycles. The highest BCUT2D eigenvalue weighted by atomic mass is 33.4. The van der Waals surface area contributed by atoms with Crippen LogP contribution in [0.1, 0.15) is 164 Å². The topological polar surface area (TPSA) is 245 Å². The maximum absolute atomic E-state index is 12.0. The Morgan fingerprint density at radius 3 is 0.971 bits per heavy atom. The van der Waals surface area contributed by atoms with E-state index in [0.29, 0.717) is 43.1 Å². The van der Waals surface area contributed by atoms with E-state index < -0.39 is 158 Å². The van der Waals surface area contributed by atoms with E-state index in [-0.39, 0.29) is 74.0 Å². The number of hydrogen-bond donors (Lipinski definition) is 3. The summed E-state index contributed by atoms with van der Waals surface area (Å²) in [5.74, 6) is -0.636. The van der Waals surface area contributed by atoms with Gasteiger partial charge in [-0.1, -0.05) is 286 Å². The normalized spacial score (nSPS) is 31.3. The number of ether oxygens (including phenoxy) is 18. The Balaban J connectivity index is 0.000000224. The van der Waals surface area contributed by atoms with E-state index >= 15 is 0 Å². The van der Waals surface area contributed by atoms with Crippen LogP contribution in [0, 0.1) is 17.8 Å². The van der Waals surface area contributed by atoms with Crippen molar-refractivity contribution >= 4 is 177 Å². The van der Waals surface area contributed by atoms with Crippen LogP contribution in [0.25, 0.3) is 0 Å². The predicted molar refractivity (Wildman–Crippen MR) is 580 cm³/mol. The van der Waals surface area contributed by atoms with Gasteiger partial charge in [0.05, 0.1) is 96.6 Å². The molecule has 0 amide bonds. The minimum atomic E-state index is -2.47. The van der Waals surface area contributed by atoms with Gasteiger partial charge in [-0.25, -0.2) is 0 Å². The number of aliphatic hydroxyl groups excluding tert-OH is 3. The van der Waals surface area contributed by atoms with Crippen molar-refractivity contribution in [3.05, 3.63) is 215 Å². The molecule has 26 atom stereocenters. The van der Waals surface area contributed by atoms with E-state index in [9.17, 15) is 15.3 Å². The van der Waals surface area contributed by atoms with Crippen molar-refractivity contribution in [2.45, 2.75) is 318 Å². The first kappa shape index (κ1) is 116. The second-order valence-electron chi connectivity index (χ2n) is 37.1. The van der Waals surface area contributed by atoms with Gasteiger partial charge in [0.1, 0.15) is 60.0 Å². The van der Waals surface area contributed by atoms with Crippen molar-refractivity contribution in [2.24, 2.45) is 17.8 Å².